The first-order chi connectivity index (χ1) is 16.2. The van der Waals surface area contributed by atoms with E-state index in [0.29, 0.717) is 6.61 Å². The van der Waals surface area contributed by atoms with Crippen molar-refractivity contribution < 1.29 is 4.74 Å². The van der Waals surface area contributed by atoms with Gasteiger partial charge in [-0.1, -0.05) is 48.0 Å². The molecule has 1 saturated heterocycles. The second kappa shape index (κ2) is 10.6. The summed E-state index contributed by atoms with van der Waals surface area (Å²) in [6.45, 7) is 6.04. The highest BCUT2D eigenvalue weighted by Crippen LogP contribution is 2.26. The van der Waals surface area contributed by atoms with E-state index in [9.17, 15) is 0 Å². The Morgan fingerprint density at radius 2 is 1.52 bits per heavy atom. The van der Waals surface area contributed by atoms with Gasteiger partial charge in [0, 0.05) is 43.4 Å². The van der Waals surface area contributed by atoms with Crippen molar-refractivity contribution in [3.63, 3.8) is 0 Å². The van der Waals surface area contributed by atoms with Crippen molar-refractivity contribution in [3.05, 3.63) is 94.0 Å². The van der Waals surface area contributed by atoms with Crippen LogP contribution in [-0.4, -0.2) is 37.6 Å². The molecular weight excluding hydrogens is 428 g/mol. The molecule has 1 heterocycles. The van der Waals surface area contributed by atoms with E-state index in [1.807, 2.05) is 12.1 Å². The zero-order chi connectivity index (χ0) is 22.5. The molecule has 2 aliphatic rings. The maximum absolute atomic E-state index is 6.15. The number of rotatable bonds is 7. The van der Waals surface area contributed by atoms with E-state index in [0.717, 1.165) is 49.9 Å². The molecule has 0 bridgehead atoms. The smallest absolute Gasteiger partial charge is 0.120 e. The Bertz CT molecular complexity index is 1060. The number of anilines is 1. The average molecular weight is 461 g/mol. The van der Waals surface area contributed by atoms with Crippen LogP contribution in [0.5, 0.6) is 5.75 Å². The lowest BCUT2D eigenvalue weighted by molar-refractivity contribution is 0.261. The van der Waals surface area contributed by atoms with Gasteiger partial charge in [0.15, 0.2) is 0 Å². The molecule has 1 aliphatic heterocycles. The lowest BCUT2D eigenvalue weighted by Gasteiger charge is -2.36. The minimum atomic E-state index is 0.629. The van der Waals surface area contributed by atoms with Crippen LogP contribution in [0.4, 0.5) is 5.69 Å². The lowest BCUT2D eigenvalue weighted by Crippen LogP contribution is -2.47. The molecule has 0 atom stereocenters. The van der Waals surface area contributed by atoms with Crippen molar-refractivity contribution in [2.24, 2.45) is 0 Å². The zero-order valence-electron chi connectivity index (χ0n) is 19.3. The van der Waals surface area contributed by atoms with Crippen LogP contribution in [0, 0.1) is 0 Å². The monoisotopic (exact) mass is 460 g/mol. The summed E-state index contributed by atoms with van der Waals surface area (Å²) in [6.07, 6.45) is 6.11. The van der Waals surface area contributed by atoms with Crippen LogP contribution in [0.3, 0.4) is 0 Å². The summed E-state index contributed by atoms with van der Waals surface area (Å²) in [5.74, 6) is 0.997. The number of ether oxygens (including phenoxy) is 1. The van der Waals surface area contributed by atoms with Gasteiger partial charge in [0.25, 0.3) is 0 Å². The number of aryl methyl sites for hydroxylation is 2. The number of piperazine rings is 1. The van der Waals surface area contributed by atoms with Gasteiger partial charge in [-0.15, -0.1) is 0 Å². The fourth-order valence-corrected chi connectivity index (χ4v) is 5.14. The molecule has 0 saturated carbocycles. The van der Waals surface area contributed by atoms with E-state index < -0.39 is 0 Å². The number of hydrogen-bond acceptors (Lipinski definition) is 3. The predicted molar refractivity (Wildman–Crippen MR) is 138 cm³/mol. The summed E-state index contributed by atoms with van der Waals surface area (Å²) in [5, 5.41) is 0.812. The molecule has 3 nitrogen and oxygen atoms in total. The van der Waals surface area contributed by atoms with Gasteiger partial charge in [0.2, 0.25) is 0 Å². The third-order valence-electron chi connectivity index (χ3n) is 7.01. The molecule has 0 amide bonds. The minimum Gasteiger partial charge on any atom is -0.489 e. The quantitative estimate of drug-likeness (QED) is 0.419. The molecule has 0 spiro atoms. The highest BCUT2D eigenvalue weighted by atomic mass is 35.5. The highest BCUT2D eigenvalue weighted by Gasteiger charge is 2.17. The molecule has 0 N–H and O–H groups in total. The summed E-state index contributed by atoms with van der Waals surface area (Å²) in [4.78, 5) is 4.99. The second-order valence-electron chi connectivity index (χ2n) is 9.30. The summed E-state index contributed by atoms with van der Waals surface area (Å²) < 4.78 is 6.09. The Morgan fingerprint density at radius 1 is 0.758 bits per heavy atom. The van der Waals surface area contributed by atoms with Gasteiger partial charge in [-0.05, 0) is 84.7 Å². The first kappa shape index (κ1) is 22.3. The first-order valence-electron chi connectivity index (χ1n) is 12.3. The predicted octanol–water partition coefficient (Wildman–Crippen LogP) is 6.16. The Balaban J connectivity index is 1.06. The molecule has 0 radical (unpaired) electrons. The molecule has 0 aromatic heterocycles. The number of fused-ring (bicyclic) bond motifs is 1. The molecule has 33 heavy (non-hydrogen) atoms. The molecule has 4 heteroatoms. The Hall–Kier alpha value is -2.49. The number of hydrogen-bond donors (Lipinski definition) is 0. The van der Waals surface area contributed by atoms with Gasteiger partial charge in [0.05, 0.1) is 0 Å². The molecular formula is C29H33ClN2O. The van der Waals surface area contributed by atoms with E-state index >= 15 is 0 Å². The van der Waals surface area contributed by atoms with Crippen LogP contribution in [0.15, 0.2) is 66.7 Å². The van der Waals surface area contributed by atoms with Crippen molar-refractivity contribution in [1.82, 2.24) is 4.90 Å². The van der Waals surface area contributed by atoms with E-state index in [2.05, 4.69) is 64.4 Å². The standard InChI is InChI=1S/C29H33ClN2O/c30-27-6-3-7-28(21-27)32-18-16-31(17-19-32)15-14-23-8-10-24(11-9-23)22-33-29-13-12-25-4-1-2-5-26(25)20-29/h3,6-13,20-21H,1-2,4-5,14-19,22H2. The van der Waals surface area contributed by atoms with Gasteiger partial charge in [-0.25, -0.2) is 0 Å². The summed E-state index contributed by atoms with van der Waals surface area (Å²) in [6, 6.07) is 23.8. The summed E-state index contributed by atoms with van der Waals surface area (Å²) >= 11 is 6.15. The fraction of sp³-hybridized carbons (Fsp3) is 0.379. The Morgan fingerprint density at radius 3 is 2.30 bits per heavy atom. The zero-order valence-corrected chi connectivity index (χ0v) is 20.1. The topological polar surface area (TPSA) is 15.7 Å². The summed E-state index contributed by atoms with van der Waals surface area (Å²) in [7, 11) is 0. The van der Waals surface area contributed by atoms with E-state index in [1.165, 1.54) is 53.6 Å². The third kappa shape index (κ3) is 5.90. The average Bonchev–Trinajstić information content (AvgIpc) is 2.87. The van der Waals surface area contributed by atoms with Gasteiger partial charge in [-0.2, -0.15) is 0 Å². The Kier molecular flexibility index (Phi) is 7.18. The molecule has 1 fully saturated rings. The first-order valence-corrected chi connectivity index (χ1v) is 12.7. The SMILES string of the molecule is Clc1cccc(N2CCN(CCc3ccc(COc4ccc5c(c4)CCCC5)cc3)CC2)c1. The number of nitrogens with zero attached hydrogens (tertiary/aromatic N) is 2. The maximum atomic E-state index is 6.15. The molecule has 172 valence electrons. The summed E-state index contributed by atoms with van der Waals surface area (Å²) in [5.41, 5.74) is 6.83. The van der Waals surface area contributed by atoms with Crippen LogP contribution < -0.4 is 9.64 Å². The van der Waals surface area contributed by atoms with Gasteiger partial charge < -0.3 is 9.64 Å². The van der Waals surface area contributed by atoms with Crippen molar-refractivity contribution in [2.75, 3.05) is 37.6 Å². The molecule has 3 aromatic rings. The normalized spacial score (nSPS) is 16.5. The molecule has 5 rings (SSSR count). The highest BCUT2D eigenvalue weighted by molar-refractivity contribution is 6.30. The Labute approximate surface area is 202 Å². The molecule has 1 aliphatic carbocycles. The van der Waals surface area contributed by atoms with Crippen LogP contribution in [0.1, 0.15) is 35.1 Å². The van der Waals surface area contributed by atoms with Crippen molar-refractivity contribution in [3.8, 4) is 5.75 Å². The van der Waals surface area contributed by atoms with E-state index in [-0.39, 0.29) is 0 Å². The van der Waals surface area contributed by atoms with Gasteiger partial charge in [0.1, 0.15) is 12.4 Å². The lowest BCUT2D eigenvalue weighted by atomic mass is 9.92. The van der Waals surface area contributed by atoms with Crippen molar-refractivity contribution >= 4 is 17.3 Å². The fourth-order valence-electron chi connectivity index (χ4n) is 4.96. The van der Waals surface area contributed by atoms with E-state index in [1.54, 1.807) is 0 Å². The van der Waals surface area contributed by atoms with Crippen LogP contribution in [0.2, 0.25) is 5.02 Å². The van der Waals surface area contributed by atoms with Crippen LogP contribution in [0.25, 0.3) is 0 Å². The second-order valence-corrected chi connectivity index (χ2v) is 9.74. The van der Waals surface area contributed by atoms with Gasteiger partial charge in [-0.3, -0.25) is 4.90 Å². The number of halogens is 1. The number of benzene rings is 3. The van der Waals surface area contributed by atoms with Crippen LogP contribution in [-0.2, 0) is 25.9 Å². The minimum absolute atomic E-state index is 0.629. The van der Waals surface area contributed by atoms with Crippen molar-refractivity contribution in [2.45, 2.75) is 38.7 Å². The van der Waals surface area contributed by atoms with Crippen LogP contribution >= 0.6 is 11.6 Å². The molecule has 0 unspecified atom stereocenters. The largest absolute Gasteiger partial charge is 0.489 e. The van der Waals surface area contributed by atoms with E-state index in [4.69, 9.17) is 16.3 Å². The van der Waals surface area contributed by atoms with Crippen molar-refractivity contribution in [1.29, 1.82) is 0 Å². The maximum Gasteiger partial charge on any atom is 0.120 e. The van der Waals surface area contributed by atoms with Gasteiger partial charge >= 0.3 is 0 Å². The molecule has 3 aromatic carbocycles. The third-order valence-corrected chi connectivity index (χ3v) is 7.25.